The van der Waals surface area contributed by atoms with E-state index in [4.69, 9.17) is 23.2 Å². The lowest BCUT2D eigenvalue weighted by atomic mass is 9.95. The van der Waals surface area contributed by atoms with E-state index in [-0.39, 0.29) is 11.8 Å². The number of piperidine rings is 1. The minimum Gasteiger partial charge on any atom is -0.326 e. The highest BCUT2D eigenvalue weighted by molar-refractivity contribution is 6.31. The third-order valence-electron chi connectivity index (χ3n) is 4.69. The number of aryl methyl sites for hydroxylation is 1. The summed E-state index contributed by atoms with van der Waals surface area (Å²) in [5.41, 5.74) is 2.99. The minimum absolute atomic E-state index is 0.0516. The summed E-state index contributed by atoms with van der Waals surface area (Å²) < 4.78 is 0. The van der Waals surface area contributed by atoms with Crippen molar-refractivity contribution in [2.45, 2.75) is 26.3 Å². The Kier molecular flexibility index (Phi) is 6.00. The number of nitrogens with zero attached hydrogens (tertiary/aromatic N) is 1. The summed E-state index contributed by atoms with van der Waals surface area (Å²) in [4.78, 5) is 14.9. The number of carbonyl (C=O) groups is 1. The molecule has 5 heteroatoms. The number of carbonyl (C=O) groups excluding carboxylic acids is 1. The van der Waals surface area contributed by atoms with Crippen molar-refractivity contribution in [2.24, 2.45) is 5.92 Å². The van der Waals surface area contributed by atoms with Crippen molar-refractivity contribution in [3.8, 4) is 0 Å². The van der Waals surface area contributed by atoms with E-state index in [1.165, 1.54) is 5.56 Å². The van der Waals surface area contributed by atoms with Crippen molar-refractivity contribution in [2.75, 3.05) is 18.4 Å². The average Bonchev–Trinajstić information content (AvgIpc) is 2.59. The van der Waals surface area contributed by atoms with Crippen LogP contribution in [0.1, 0.15) is 24.0 Å². The molecule has 25 heavy (non-hydrogen) atoms. The number of rotatable bonds is 4. The molecule has 0 spiro atoms. The van der Waals surface area contributed by atoms with E-state index < -0.39 is 0 Å². The SMILES string of the molecule is Cc1ccc(NC(=O)C2CCN(Cc3cccc(Cl)c3)CC2)cc1Cl. The van der Waals surface area contributed by atoms with Crippen LogP contribution in [0.2, 0.25) is 10.0 Å². The first-order chi connectivity index (χ1) is 12.0. The molecule has 1 N–H and O–H groups in total. The molecule has 0 aliphatic carbocycles. The Bertz CT molecular complexity index is 755. The molecule has 1 fully saturated rings. The maximum absolute atomic E-state index is 12.5. The van der Waals surface area contributed by atoms with Crippen LogP contribution in [0.15, 0.2) is 42.5 Å². The number of hydrogen-bond donors (Lipinski definition) is 1. The number of nitrogens with one attached hydrogen (secondary N) is 1. The van der Waals surface area contributed by atoms with E-state index in [1.54, 1.807) is 0 Å². The molecule has 1 aliphatic heterocycles. The topological polar surface area (TPSA) is 32.3 Å². The van der Waals surface area contributed by atoms with Crippen LogP contribution in [-0.2, 0) is 11.3 Å². The predicted molar refractivity (Wildman–Crippen MR) is 104 cm³/mol. The van der Waals surface area contributed by atoms with Gasteiger partial charge in [0.2, 0.25) is 5.91 Å². The van der Waals surface area contributed by atoms with Gasteiger partial charge in [0, 0.05) is 28.2 Å². The molecular weight excluding hydrogens is 355 g/mol. The van der Waals surface area contributed by atoms with E-state index in [9.17, 15) is 4.79 Å². The molecule has 1 heterocycles. The summed E-state index contributed by atoms with van der Waals surface area (Å²) in [5, 5.41) is 4.43. The van der Waals surface area contributed by atoms with Gasteiger partial charge in [-0.05, 0) is 68.2 Å². The second kappa shape index (κ2) is 8.22. The summed E-state index contributed by atoms with van der Waals surface area (Å²) in [6, 6.07) is 13.6. The van der Waals surface area contributed by atoms with Gasteiger partial charge in [-0.3, -0.25) is 9.69 Å². The number of halogens is 2. The average molecular weight is 377 g/mol. The molecule has 0 radical (unpaired) electrons. The van der Waals surface area contributed by atoms with Gasteiger partial charge in [0.05, 0.1) is 0 Å². The molecule has 1 saturated heterocycles. The molecule has 3 rings (SSSR count). The lowest BCUT2D eigenvalue weighted by Gasteiger charge is -2.31. The van der Waals surface area contributed by atoms with Crippen molar-refractivity contribution in [1.29, 1.82) is 0 Å². The molecule has 3 nitrogen and oxygen atoms in total. The van der Waals surface area contributed by atoms with Gasteiger partial charge in [0.1, 0.15) is 0 Å². The van der Waals surface area contributed by atoms with E-state index in [0.29, 0.717) is 5.02 Å². The molecule has 0 bridgehead atoms. The van der Waals surface area contributed by atoms with Gasteiger partial charge in [-0.25, -0.2) is 0 Å². The van der Waals surface area contributed by atoms with Crippen LogP contribution in [0.5, 0.6) is 0 Å². The Morgan fingerprint density at radius 3 is 2.60 bits per heavy atom. The zero-order valence-electron chi connectivity index (χ0n) is 14.3. The van der Waals surface area contributed by atoms with Crippen molar-refractivity contribution in [1.82, 2.24) is 4.90 Å². The smallest absolute Gasteiger partial charge is 0.227 e. The Morgan fingerprint density at radius 1 is 1.16 bits per heavy atom. The van der Waals surface area contributed by atoms with Crippen LogP contribution in [0, 0.1) is 12.8 Å². The molecule has 2 aromatic carbocycles. The Hall–Kier alpha value is -1.55. The number of benzene rings is 2. The molecule has 0 saturated carbocycles. The number of likely N-dealkylation sites (tertiary alicyclic amines) is 1. The summed E-state index contributed by atoms with van der Waals surface area (Å²) in [6.45, 7) is 4.66. The van der Waals surface area contributed by atoms with Crippen LogP contribution in [-0.4, -0.2) is 23.9 Å². The lowest BCUT2D eigenvalue weighted by Crippen LogP contribution is -2.37. The maximum Gasteiger partial charge on any atom is 0.227 e. The first kappa shape index (κ1) is 18.2. The van der Waals surface area contributed by atoms with E-state index in [1.807, 2.05) is 43.3 Å². The highest BCUT2D eigenvalue weighted by Gasteiger charge is 2.25. The van der Waals surface area contributed by atoms with Crippen LogP contribution in [0.4, 0.5) is 5.69 Å². The lowest BCUT2D eigenvalue weighted by molar-refractivity contribution is -0.121. The summed E-state index contributed by atoms with van der Waals surface area (Å²) in [5.74, 6) is 0.137. The fraction of sp³-hybridized carbons (Fsp3) is 0.350. The highest BCUT2D eigenvalue weighted by Crippen LogP contribution is 2.24. The third kappa shape index (κ3) is 4.97. The second-order valence-electron chi connectivity index (χ2n) is 6.63. The summed E-state index contributed by atoms with van der Waals surface area (Å²) >= 11 is 12.2. The first-order valence-corrected chi connectivity index (χ1v) is 9.30. The fourth-order valence-electron chi connectivity index (χ4n) is 3.16. The first-order valence-electron chi connectivity index (χ1n) is 8.55. The van der Waals surface area contributed by atoms with E-state index >= 15 is 0 Å². The van der Waals surface area contributed by atoms with Crippen LogP contribution >= 0.6 is 23.2 Å². The van der Waals surface area contributed by atoms with Gasteiger partial charge in [0.25, 0.3) is 0 Å². The zero-order chi connectivity index (χ0) is 17.8. The fourth-order valence-corrected chi connectivity index (χ4v) is 3.56. The van der Waals surface area contributed by atoms with E-state index in [0.717, 1.165) is 48.7 Å². The van der Waals surface area contributed by atoms with Gasteiger partial charge in [0.15, 0.2) is 0 Å². The maximum atomic E-state index is 12.5. The standard InChI is InChI=1S/C20H22Cl2N2O/c1-14-5-6-18(12-19(14)22)23-20(25)16-7-9-24(10-8-16)13-15-3-2-4-17(21)11-15/h2-6,11-12,16H,7-10,13H2,1H3,(H,23,25). The molecule has 0 aromatic heterocycles. The zero-order valence-corrected chi connectivity index (χ0v) is 15.8. The number of hydrogen-bond acceptors (Lipinski definition) is 2. The predicted octanol–water partition coefficient (Wildman–Crippen LogP) is 5.15. The van der Waals surface area contributed by atoms with Crippen LogP contribution in [0.3, 0.4) is 0 Å². The van der Waals surface area contributed by atoms with E-state index in [2.05, 4.69) is 16.3 Å². The number of anilines is 1. The minimum atomic E-state index is 0.0516. The largest absolute Gasteiger partial charge is 0.326 e. The van der Waals surface area contributed by atoms with Gasteiger partial charge in [-0.2, -0.15) is 0 Å². The molecule has 132 valence electrons. The van der Waals surface area contributed by atoms with Gasteiger partial charge in [-0.1, -0.05) is 41.4 Å². The second-order valence-corrected chi connectivity index (χ2v) is 7.48. The van der Waals surface area contributed by atoms with Crippen molar-refractivity contribution < 1.29 is 4.79 Å². The van der Waals surface area contributed by atoms with Crippen molar-refractivity contribution in [3.63, 3.8) is 0 Å². The molecule has 2 aromatic rings. The molecule has 1 aliphatic rings. The number of amides is 1. The monoisotopic (exact) mass is 376 g/mol. The molecule has 0 unspecified atom stereocenters. The normalized spacial score (nSPS) is 16.0. The van der Waals surface area contributed by atoms with Crippen LogP contribution < -0.4 is 5.32 Å². The summed E-state index contributed by atoms with van der Waals surface area (Å²) in [7, 11) is 0. The van der Waals surface area contributed by atoms with Gasteiger partial charge < -0.3 is 5.32 Å². The van der Waals surface area contributed by atoms with Crippen LogP contribution in [0.25, 0.3) is 0 Å². The third-order valence-corrected chi connectivity index (χ3v) is 5.34. The van der Waals surface area contributed by atoms with Crippen molar-refractivity contribution in [3.05, 3.63) is 63.6 Å². The Morgan fingerprint density at radius 2 is 1.92 bits per heavy atom. The highest BCUT2D eigenvalue weighted by atomic mass is 35.5. The quantitative estimate of drug-likeness (QED) is 0.799. The summed E-state index contributed by atoms with van der Waals surface area (Å²) in [6.07, 6.45) is 1.73. The molecule has 1 amide bonds. The van der Waals surface area contributed by atoms with Gasteiger partial charge >= 0.3 is 0 Å². The Balaban J connectivity index is 1.51. The molecule has 0 atom stereocenters. The molecular formula is C20H22Cl2N2O. The van der Waals surface area contributed by atoms with Crippen molar-refractivity contribution >= 4 is 34.8 Å². The Labute approximate surface area is 158 Å². The van der Waals surface area contributed by atoms with Gasteiger partial charge in [-0.15, -0.1) is 0 Å².